The number of aliphatic hydroxyl groups is 1. The minimum absolute atomic E-state index is 0.139. The second-order valence-corrected chi connectivity index (χ2v) is 8.76. The summed E-state index contributed by atoms with van der Waals surface area (Å²) in [5.74, 6) is -0.597. The van der Waals surface area contributed by atoms with Crippen molar-refractivity contribution in [3.05, 3.63) is 24.3 Å². The van der Waals surface area contributed by atoms with Crippen LogP contribution in [0.5, 0.6) is 0 Å². The Balaban J connectivity index is 1.87. The van der Waals surface area contributed by atoms with E-state index >= 15 is 0 Å². The van der Waals surface area contributed by atoms with Crippen LogP contribution in [-0.4, -0.2) is 49.7 Å². The highest BCUT2D eigenvalue weighted by molar-refractivity contribution is 5.43. The van der Waals surface area contributed by atoms with Crippen molar-refractivity contribution in [2.75, 3.05) is 27.1 Å². The van der Waals surface area contributed by atoms with Gasteiger partial charge in [0.2, 0.25) is 0 Å². The fraction of sp³-hybridized carbons (Fsp3) is 0.810. The van der Waals surface area contributed by atoms with Gasteiger partial charge >= 0.3 is 0 Å². The van der Waals surface area contributed by atoms with Crippen molar-refractivity contribution in [1.82, 2.24) is 0 Å². The van der Waals surface area contributed by atoms with Crippen LogP contribution in [0.15, 0.2) is 24.3 Å². The molecule has 5 heteroatoms. The maximum Gasteiger partial charge on any atom is 0.193 e. The highest BCUT2D eigenvalue weighted by Gasteiger charge is 2.78. The molecule has 1 saturated heterocycles. The van der Waals surface area contributed by atoms with Crippen molar-refractivity contribution in [2.24, 2.45) is 16.7 Å². The van der Waals surface area contributed by atoms with Crippen LogP contribution < -0.4 is 0 Å². The minimum Gasteiger partial charge on any atom is -0.382 e. The molecule has 5 nitrogen and oxygen atoms in total. The van der Waals surface area contributed by atoms with Crippen molar-refractivity contribution in [1.29, 1.82) is 0 Å². The largest absolute Gasteiger partial charge is 0.382 e. The lowest BCUT2D eigenvalue weighted by molar-refractivity contribution is -0.211. The molecule has 0 aromatic carbocycles. The topological polar surface area (TPSA) is 57.2 Å². The molecule has 3 aliphatic carbocycles. The summed E-state index contributed by atoms with van der Waals surface area (Å²) in [7, 11) is 1.62. The predicted molar refractivity (Wildman–Crippen MR) is 97.4 cm³/mol. The van der Waals surface area contributed by atoms with E-state index in [1.807, 2.05) is 6.08 Å². The minimum atomic E-state index is -1.20. The molecule has 146 valence electrons. The zero-order valence-corrected chi connectivity index (χ0v) is 16.3. The standard InChI is InChI=1S/C21H32O5/c1-5-19-11-9-15(18(19,2)3)17(24-14-23-4)21(19,22)16-8-6-7-10-20(16)25-12-13-26-20/h5,8,15,17,22H,1,6-7,9-14H2,2-4H3/t15-,17-,19-,21-/m1/s1. The van der Waals surface area contributed by atoms with Crippen LogP contribution >= 0.6 is 0 Å². The first-order chi connectivity index (χ1) is 12.4. The molecule has 26 heavy (non-hydrogen) atoms. The van der Waals surface area contributed by atoms with Gasteiger partial charge in [0, 0.05) is 24.5 Å². The molecule has 0 radical (unpaired) electrons. The molecule has 1 N–H and O–H groups in total. The third-order valence-corrected chi connectivity index (χ3v) is 7.73. The Morgan fingerprint density at radius 2 is 2.04 bits per heavy atom. The lowest BCUT2D eigenvalue weighted by Crippen LogP contribution is -2.61. The molecule has 1 aliphatic heterocycles. The molecule has 1 spiro atoms. The lowest BCUT2D eigenvalue weighted by Gasteiger charge is -2.53. The average Bonchev–Trinajstić information content (AvgIpc) is 3.22. The first kappa shape index (κ1) is 18.6. The van der Waals surface area contributed by atoms with Gasteiger partial charge in [0.15, 0.2) is 5.79 Å². The molecule has 2 bridgehead atoms. The van der Waals surface area contributed by atoms with Crippen LogP contribution in [0.3, 0.4) is 0 Å². The van der Waals surface area contributed by atoms with Gasteiger partial charge in [-0.1, -0.05) is 26.0 Å². The van der Waals surface area contributed by atoms with Crippen LogP contribution in [-0.2, 0) is 18.9 Å². The van der Waals surface area contributed by atoms with Gasteiger partial charge in [0.05, 0.1) is 19.3 Å². The molecule has 4 rings (SSSR count). The Morgan fingerprint density at radius 3 is 2.69 bits per heavy atom. The number of methoxy groups -OCH3 is 1. The van der Waals surface area contributed by atoms with Gasteiger partial charge in [0.25, 0.3) is 0 Å². The molecule has 1 heterocycles. The number of rotatable bonds is 5. The van der Waals surface area contributed by atoms with Gasteiger partial charge in [-0.05, 0) is 37.0 Å². The molecule has 4 atom stereocenters. The molecular weight excluding hydrogens is 332 g/mol. The average molecular weight is 364 g/mol. The fourth-order valence-electron chi connectivity index (χ4n) is 6.52. The molecule has 0 aromatic heterocycles. The monoisotopic (exact) mass is 364 g/mol. The van der Waals surface area contributed by atoms with Crippen LogP contribution in [0, 0.1) is 16.7 Å². The summed E-state index contributed by atoms with van der Waals surface area (Å²) in [5.41, 5.74) is -0.969. The van der Waals surface area contributed by atoms with E-state index in [1.165, 1.54) is 0 Å². The quantitative estimate of drug-likeness (QED) is 0.600. The van der Waals surface area contributed by atoms with E-state index in [9.17, 15) is 5.11 Å². The normalized spacial score (nSPS) is 43.0. The van der Waals surface area contributed by atoms with Crippen molar-refractivity contribution in [3.8, 4) is 0 Å². The van der Waals surface area contributed by atoms with E-state index in [0.29, 0.717) is 13.2 Å². The summed E-state index contributed by atoms with van der Waals surface area (Å²) in [6.07, 6.45) is 8.34. The second-order valence-electron chi connectivity index (χ2n) is 8.76. The van der Waals surface area contributed by atoms with Gasteiger partial charge in [-0.3, -0.25) is 0 Å². The SMILES string of the molecule is C=C[C@]12CC[C@H]([C@@H](OCOC)[C@]1(O)C1=CCCCC13OCCO3)C2(C)C. The van der Waals surface area contributed by atoms with Gasteiger partial charge in [-0.15, -0.1) is 6.58 Å². The Hall–Kier alpha value is -0.720. The summed E-state index contributed by atoms with van der Waals surface area (Å²) in [6.45, 7) is 9.93. The molecule has 2 saturated carbocycles. The van der Waals surface area contributed by atoms with E-state index in [1.54, 1.807) is 7.11 Å². The molecule has 0 aromatic rings. The van der Waals surface area contributed by atoms with Crippen LogP contribution in [0.1, 0.15) is 46.0 Å². The fourth-order valence-corrected chi connectivity index (χ4v) is 6.52. The highest BCUT2D eigenvalue weighted by Crippen LogP contribution is 2.73. The zero-order chi connectivity index (χ0) is 18.6. The third-order valence-electron chi connectivity index (χ3n) is 7.73. The maximum absolute atomic E-state index is 12.4. The smallest absolute Gasteiger partial charge is 0.193 e. The number of ether oxygens (including phenoxy) is 4. The summed E-state index contributed by atoms with van der Waals surface area (Å²) >= 11 is 0. The maximum atomic E-state index is 12.4. The van der Waals surface area contributed by atoms with E-state index in [4.69, 9.17) is 18.9 Å². The molecular formula is C21H32O5. The number of hydrogen-bond donors (Lipinski definition) is 1. The summed E-state index contributed by atoms with van der Waals surface area (Å²) in [6, 6.07) is 0. The highest BCUT2D eigenvalue weighted by atomic mass is 16.7. The Kier molecular flexibility index (Phi) is 4.40. The van der Waals surface area contributed by atoms with Gasteiger partial charge in [-0.25, -0.2) is 0 Å². The molecule has 3 fully saturated rings. The van der Waals surface area contributed by atoms with Crippen molar-refractivity contribution in [3.63, 3.8) is 0 Å². The first-order valence-electron chi connectivity index (χ1n) is 9.85. The van der Waals surface area contributed by atoms with Gasteiger partial charge in [-0.2, -0.15) is 0 Å². The Bertz CT molecular complexity index is 606. The van der Waals surface area contributed by atoms with E-state index in [-0.39, 0.29) is 24.2 Å². The number of allylic oxidation sites excluding steroid dienone is 1. The summed E-state index contributed by atoms with van der Waals surface area (Å²) < 4.78 is 23.6. The van der Waals surface area contributed by atoms with Crippen LogP contribution in [0.25, 0.3) is 0 Å². The zero-order valence-electron chi connectivity index (χ0n) is 16.3. The summed E-state index contributed by atoms with van der Waals surface area (Å²) in [4.78, 5) is 0. The third kappa shape index (κ3) is 2.04. The lowest BCUT2D eigenvalue weighted by atomic mass is 9.58. The molecule has 0 unspecified atom stereocenters. The van der Waals surface area contributed by atoms with E-state index < -0.39 is 16.8 Å². The summed E-state index contributed by atoms with van der Waals surface area (Å²) in [5, 5.41) is 12.4. The molecule has 0 amide bonds. The number of hydrogen-bond acceptors (Lipinski definition) is 5. The van der Waals surface area contributed by atoms with Crippen molar-refractivity contribution in [2.45, 2.75) is 63.4 Å². The van der Waals surface area contributed by atoms with E-state index in [2.05, 4.69) is 26.5 Å². The Morgan fingerprint density at radius 1 is 1.31 bits per heavy atom. The Labute approximate surface area is 156 Å². The van der Waals surface area contributed by atoms with Gasteiger partial charge < -0.3 is 24.1 Å². The van der Waals surface area contributed by atoms with E-state index in [0.717, 1.165) is 37.7 Å². The molecule has 4 aliphatic rings. The first-order valence-corrected chi connectivity index (χ1v) is 9.85. The second kappa shape index (κ2) is 6.14. The van der Waals surface area contributed by atoms with Crippen LogP contribution in [0.4, 0.5) is 0 Å². The predicted octanol–water partition coefficient (Wildman–Crippen LogP) is 3.18. The van der Waals surface area contributed by atoms with Crippen molar-refractivity contribution >= 4 is 0 Å². The number of fused-ring (bicyclic) bond motifs is 2. The van der Waals surface area contributed by atoms with Crippen LogP contribution in [0.2, 0.25) is 0 Å². The van der Waals surface area contributed by atoms with Gasteiger partial charge in [0.1, 0.15) is 12.4 Å². The van der Waals surface area contributed by atoms with Crippen molar-refractivity contribution < 1.29 is 24.1 Å².